The largest absolute Gasteiger partial charge is 0.492 e. The van der Waals surface area contributed by atoms with Crippen molar-refractivity contribution in [3.63, 3.8) is 0 Å². The first-order valence-corrected chi connectivity index (χ1v) is 8.09. The molecule has 0 atom stereocenters. The molecule has 5 nitrogen and oxygen atoms in total. The average Bonchev–Trinajstić information content (AvgIpc) is 2.40. The highest BCUT2D eigenvalue weighted by Crippen LogP contribution is 2.28. The zero-order valence-electron chi connectivity index (χ0n) is 11.3. The van der Waals surface area contributed by atoms with Gasteiger partial charge in [0.2, 0.25) is 0 Å². The summed E-state index contributed by atoms with van der Waals surface area (Å²) in [4.78, 5) is -0.00988. The highest BCUT2D eigenvalue weighted by molar-refractivity contribution is 7.92. The lowest BCUT2D eigenvalue weighted by Crippen LogP contribution is -2.15. The molecule has 0 aliphatic rings. The van der Waals surface area contributed by atoms with E-state index in [1.165, 1.54) is 18.2 Å². The predicted octanol–water partition coefficient (Wildman–Crippen LogP) is 3.12. The van der Waals surface area contributed by atoms with Gasteiger partial charge in [-0.2, -0.15) is 0 Å². The molecule has 0 amide bonds. The first kappa shape index (κ1) is 15.5. The number of anilines is 2. The molecule has 0 unspecified atom stereocenters. The van der Waals surface area contributed by atoms with E-state index >= 15 is 0 Å². The molecule has 0 aliphatic heterocycles. The summed E-state index contributed by atoms with van der Waals surface area (Å²) in [6.07, 6.45) is 0. The molecular weight excluding hydrogens is 312 g/mol. The van der Waals surface area contributed by atoms with Gasteiger partial charge >= 0.3 is 0 Å². The van der Waals surface area contributed by atoms with Crippen LogP contribution in [-0.4, -0.2) is 15.0 Å². The molecule has 21 heavy (non-hydrogen) atoms. The summed E-state index contributed by atoms with van der Waals surface area (Å²) in [6, 6.07) is 10.9. The summed E-state index contributed by atoms with van der Waals surface area (Å²) >= 11 is 5.85. The van der Waals surface area contributed by atoms with Crippen LogP contribution in [0.1, 0.15) is 6.92 Å². The van der Waals surface area contributed by atoms with Crippen LogP contribution in [0.25, 0.3) is 0 Å². The normalized spacial score (nSPS) is 11.1. The minimum Gasteiger partial charge on any atom is -0.492 e. The van der Waals surface area contributed by atoms with Gasteiger partial charge in [-0.1, -0.05) is 17.7 Å². The third-order valence-electron chi connectivity index (χ3n) is 2.63. The maximum Gasteiger partial charge on any atom is 0.265 e. The standard InChI is InChI=1S/C14H15ClN2O3S/c1-2-20-13-7-6-11(16)9-14(13)21(18,19)17-12-5-3-4-10(15)8-12/h3-9,17H,2,16H2,1H3. The Labute approximate surface area is 128 Å². The fraction of sp³-hybridized carbons (Fsp3) is 0.143. The summed E-state index contributed by atoms with van der Waals surface area (Å²) in [6.45, 7) is 2.13. The van der Waals surface area contributed by atoms with E-state index in [2.05, 4.69) is 4.72 Å². The lowest BCUT2D eigenvalue weighted by Gasteiger charge is -2.13. The topological polar surface area (TPSA) is 81.4 Å². The molecule has 0 bridgehead atoms. The van der Waals surface area contributed by atoms with E-state index in [-0.39, 0.29) is 10.6 Å². The van der Waals surface area contributed by atoms with Crippen molar-refractivity contribution in [1.29, 1.82) is 0 Å². The van der Waals surface area contributed by atoms with Crippen molar-refractivity contribution >= 4 is 33.0 Å². The molecule has 3 N–H and O–H groups in total. The second kappa shape index (κ2) is 6.24. The van der Waals surface area contributed by atoms with Gasteiger partial charge in [0, 0.05) is 10.7 Å². The molecule has 112 valence electrons. The van der Waals surface area contributed by atoms with Gasteiger partial charge in [-0.25, -0.2) is 8.42 Å². The number of halogens is 1. The highest BCUT2D eigenvalue weighted by Gasteiger charge is 2.20. The molecule has 0 spiro atoms. The summed E-state index contributed by atoms with van der Waals surface area (Å²) in [5.74, 6) is 0.251. The van der Waals surface area contributed by atoms with Gasteiger partial charge in [-0.05, 0) is 43.3 Å². The molecule has 2 aromatic carbocycles. The number of hydrogen-bond donors (Lipinski definition) is 2. The molecule has 0 aromatic heterocycles. The monoisotopic (exact) mass is 326 g/mol. The summed E-state index contributed by atoms with van der Waals surface area (Å²) in [7, 11) is -3.82. The molecule has 0 radical (unpaired) electrons. The minimum absolute atomic E-state index is 0.00988. The van der Waals surface area contributed by atoms with E-state index in [0.717, 1.165) is 0 Å². The fourth-order valence-electron chi connectivity index (χ4n) is 1.77. The van der Waals surface area contributed by atoms with Crippen LogP contribution in [0.2, 0.25) is 5.02 Å². The van der Waals surface area contributed by atoms with Crippen molar-refractivity contribution in [3.05, 3.63) is 47.5 Å². The first-order valence-electron chi connectivity index (χ1n) is 6.23. The molecule has 0 aliphatic carbocycles. The van der Waals surface area contributed by atoms with Gasteiger partial charge in [-0.3, -0.25) is 4.72 Å². The molecule has 0 saturated carbocycles. The van der Waals surface area contributed by atoms with Gasteiger partial charge < -0.3 is 10.5 Å². The molecule has 7 heteroatoms. The third kappa shape index (κ3) is 3.80. The van der Waals surface area contributed by atoms with Gasteiger partial charge in [-0.15, -0.1) is 0 Å². The Bertz CT molecular complexity index is 748. The Morgan fingerprint density at radius 2 is 2.00 bits per heavy atom. The van der Waals surface area contributed by atoms with Gasteiger partial charge in [0.25, 0.3) is 10.0 Å². The number of nitrogen functional groups attached to an aromatic ring is 1. The van der Waals surface area contributed by atoms with Crippen molar-refractivity contribution < 1.29 is 13.2 Å². The van der Waals surface area contributed by atoms with Crippen LogP contribution in [0.4, 0.5) is 11.4 Å². The third-order valence-corrected chi connectivity index (χ3v) is 4.27. The molecule has 0 fully saturated rings. The van der Waals surface area contributed by atoms with E-state index < -0.39 is 10.0 Å². The van der Waals surface area contributed by atoms with Crippen molar-refractivity contribution in [1.82, 2.24) is 0 Å². The number of benzene rings is 2. The summed E-state index contributed by atoms with van der Waals surface area (Å²) in [5, 5.41) is 0.438. The molecular formula is C14H15ClN2O3S. The molecule has 2 aromatic rings. The van der Waals surface area contributed by atoms with E-state index in [0.29, 0.717) is 23.0 Å². The number of nitrogens with two attached hydrogens (primary N) is 1. The number of sulfonamides is 1. The number of ether oxygens (including phenoxy) is 1. The number of nitrogens with one attached hydrogen (secondary N) is 1. The van der Waals surface area contributed by atoms with Crippen molar-refractivity contribution in [2.75, 3.05) is 17.1 Å². The van der Waals surface area contributed by atoms with Crippen LogP contribution >= 0.6 is 11.6 Å². The predicted molar refractivity (Wildman–Crippen MR) is 84.3 cm³/mol. The minimum atomic E-state index is -3.82. The second-order valence-electron chi connectivity index (χ2n) is 4.26. The van der Waals surface area contributed by atoms with E-state index in [1.54, 1.807) is 31.2 Å². The summed E-state index contributed by atoms with van der Waals surface area (Å²) in [5.41, 5.74) is 6.37. The lowest BCUT2D eigenvalue weighted by molar-refractivity contribution is 0.331. The van der Waals surface area contributed by atoms with Gasteiger partial charge in [0.15, 0.2) is 0 Å². The van der Waals surface area contributed by atoms with Crippen LogP contribution in [0.3, 0.4) is 0 Å². The Morgan fingerprint density at radius 3 is 2.67 bits per heavy atom. The Hall–Kier alpha value is -1.92. The Morgan fingerprint density at radius 1 is 1.24 bits per heavy atom. The average molecular weight is 327 g/mol. The molecule has 0 saturated heterocycles. The van der Waals surface area contributed by atoms with Crippen molar-refractivity contribution in [2.24, 2.45) is 0 Å². The summed E-state index contributed by atoms with van der Waals surface area (Å²) < 4.78 is 32.7. The van der Waals surface area contributed by atoms with Crippen LogP contribution in [-0.2, 0) is 10.0 Å². The van der Waals surface area contributed by atoms with Gasteiger partial charge in [0.1, 0.15) is 10.6 Å². The molecule has 2 rings (SSSR count). The van der Waals surface area contributed by atoms with E-state index in [4.69, 9.17) is 22.1 Å². The number of hydrogen-bond acceptors (Lipinski definition) is 4. The van der Waals surface area contributed by atoms with Crippen LogP contribution in [0, 0.1) is 0 Å². The maximum atomic E-state index is 12.5. The first-order chi connectivity index (χ1) is 9.92. The van der Waals surface area contributed by atoms with Crippen LogP contribution in [0.5, 0.6) is 5.75 Å². The van der Waals surface area contributed by atoms with Crippen LogP contribution in [0.15, 0.2) is 47.4 Å². The Kier molecular flexibility index (Phi) is 4.59. The number of rotatable bonds is 5. The van der Waals surface area contributed by atoms with Gasteiger partial charge in [0.05, 0.1) is 12.3 Å². The quantitative estimate of drug-likeness (QED) is 0.827. The van der Waals surface area contributed by atoms with Crippen molar-refractivity contribution in [2.45, 2.75) is 11.8 Å². The van der Waals surface area contributed by atoms with Crippen LogP contribution < -0.4 is 15.2 Å². The Balaban J connectivity index is 2.41. The van der Waals surface area contributed by atoms with E-state index in [1.807, 2.05) is 0 Å². The van der Waals surface area contributed by atoms with E-state index in [9.17, 15) is 8.42 Å². The lowest BCUT2D eigenvalue weighted by atomic mass is 10.3. The second-order valence-corrected chi connectivity index (χ2v) is 6.34. The smallest absolute Gasteiger partial charge is 0.265 e. The zero-order chi connectivity index (χ0) is 15.5. The van der Waals surface area contributed by atoms with Crippen molar-refractivity contribution in [3.8, 4) is 5.75 Å². The SMILES string of the molecule is CCOc1ccc(N)cc1S(=O)(=O)Nc1cccc(Cl)c1. The maximum absolute atomic E-state index is 12.5. The fourth-order valence-corrected chi connectivity index (χ4v) is 3.19. The molecule has 0 heterocycles. The highest BCUT2D eigenvalue weighted by atomic mass is 35.5. The zero-order valence-corrected chi connectivity index (χ0v) is 12.9.